The number of aromatic nitrogens is 3. The van der Waals surface area contributed by atoms with E-state index in [0.717, 1.165) is 59.7 Å². The maximum atomic E-state index is 6.23. The van der Waals surface area contributed by atoms with Gasteiger partial charge >= 0.3 is 0 Å². The number of nitrogens with one attached hydrogen (secondary N) is 1. The topological polar surface area (TPSA) is 78.0 Å². The minimum Gasteiger partial charge on any atom is -0.382 e. The van der Waals surface area contributed by atoms with E-state index in [1.807, 2.05) is 25.1 Å². The molecule has 27 heavy (non-hydrogen) atoms. The van der Waals surface area contributed by atoms with Crippen molar-refractivity contribution < 1.29 is 4.74 Å². The van der Waals surface area contributed by atoms with Gasteiger partial charge in [-0.25, -0.2) is 9.97 Å². The molecule has 2 aromatic heterocycles. The first-order valence-electron chi connectivity index (χ1n) is 9.91. The fourth-order valence-electron chi connectivity index (χ4n) is 3.96. The van der Waals surface area contributed by atoms with E-state index in [2.05, 4.69) is 27.4 Å². The van der Waals surface area contributed by atoms with Crippen LogP contribution in [0.25, 0.3) is 21.9 Å². The van der Waals surface area contributed by atoms with Crippen molar-refractivity contribution in [2.24, 2.45) is 5.92 Å². The third-order valence-corrected chi connectivity index (χ3v) is 5.40. The van der Waals surface area contributed by atoms with Gasteiger partial charge in [0.25, 0.3) is 0 Å². The molecule has 1 fully saturated rings. The highest BCUT2D eigenvalue weighted by atomic mass is 16.5. The third kappa shape index (κ3) is 3.77. The van der Waals surface area contributed by atoms with Crippen LogP contribution in [0.15, 0.2) is 24.3 Å². The Balaban J connectivity index is 1.68. The number of ether oxygens (including phenoxy) is 1. The van der Waals surface area contributed by atoms with Gasteiger partial charge in [0.05, 0.1) is 11.0 Å². The van der Waals surface area contributed by atoms with Crippen molar-refractivity contribution in [1.29, 1.82) is 0 Å². The molecular formula is C21H28N5O. The number of imidazole rings is 1. The molecule has 0 aliphatic carbocycles. The minimum atomic E-state index is 0.485. The van der Waals surface area contributed by atoms with Gasteiger partial charge < -0.3 is 20.4 Å². The molecule has 3 N–H and O–H groups in total. The third-order valence-electron chi connectivity index (χ3n) is 5.40. The van der Waals surface area contributed by atoms with E-state index in [4.69, 9.17) is 15.5 Å². The number of nitrogens with zero attached hydrogens (tertiary/aromatic N) is 3. The average molecular weight is 366 g/mol. The molecule has 1 radical (unpaired) electrons. The number of anilines is 1. The van der Waals surface area contributed by atoms with Gasteiger partial charge in [-0.2, -0.15) is 0 Å². The van der Waals surface area contributed by atoms with Crippen LogP contribution >= 0.6 is 0 Å². The molecule has 143 valence electrons. The van der Waals surface area contributed by atoms with E-state index in [9.17, 15) is 0 Å². The number of rotatable bonds is 7. The average Bonchev–Trinajstić information content (AvgIpc) is 3.07. The zero-order valence-corrected chi connectivity index (χ0v) is 15.9. The molecule has 0 saturated carbocycles. The van der Waals surface area contributed by atoms with E-state index in [-0.39, 0.29) is 0 Å². The van der Waals surface area contributed by atoms with Gasteiger partial charge in [-0.3, -0.25) is 0 Å². The first-order valence-corrected chi connectivity index (χ1v) is 9.91. The van der Waals surface area contributed by atoms with Gasteiger partial charge in [0.15, 0.2) is 5.82 Å². The lowest BCUT2D eigenvalue weighted by Crippen LogP contribution is -2.27. The molecule has 1 aliphatic rings. The van der Waals surface area contributed by atoms with Gasteiger partial charge in [0, 0.05) is 18.5 Å². The standard InChI is InChI=1S/C21H28N5O/c1-2-27-14-18-25-19-20(16-7-3-4-8-17(16)24-21(19)22)26(18)13-5-6-15-9-11-23-12-10-15/h3-5,7-8,15,23H,2,6,9-14H2,1H3,(H2,22,24). The second kappa shape index (κ2) is 8.23. The van der Waals surface area contributed by atoms with Crippen molar-refractivity contribution in [3.8, 4) is 0 Å². The number of pyridine rings is 1. The van der Waals surface area contributed by atoms with Gasteiger partial charge in [-0.15, -0.1) is 0 Å². The summed E-state index contributed by atoms with van der Waals surface area (Å²) in [7, 11) is 0. The second-order valence-electron chi connectivity index (χ2n) is 7.20. The molecule has 0 atom stereocenters. The molecule has 1 saturated heterocycles. The lowest BCUT2D eigenvalue weighted by atomic mass is 9.93. The van der Waals surface area contributed by atoms with Gasteiger partial charge in [-0.1, -0.05) is 18.2 Å². The van der Waals surface area contributed by atoms with Gasteiger partial charge in [0.2, 0.25) is 0 Å². The highest BCUT2D eigenvalue weighted by molar-refractivity contribution is 6.06. The normalized spacial score (nSPS) is 15.7. The summed E-state index contributed by atoms with van der Waals surface area (Å²) in [5.41, 5.74) is 8.98. The molecule has 6 heteroatoms. The van der Waals surface area contributed by atoms with E-state index < -0.39 is 0 Å². The fourth-order valence-corrected chi connectivity index (χ4v) is 3.96. The summed E-state index contributed by atoms with van der Waals surface area (Å²) in [6.07, 6.45) is 6.03. The van der Waals surface area contributed by atoms with E-state index in [0.29, 0.717) is 19.0 Å². The van der Waals surface area contributed by atoms with E-state index >= 15 is 0 Å². The first-order chi connectivity index (χ1) is 13.3. The highest BCUT2D eigenvalue weighted by Gasteiger charge is 2.18. The fraction of sp³-hybridized carbons (Fsp3) is 0.476. The summed E-state index contributed by atoms with van der Waals surface area (Å²) in [5, 5.41) is 4.53. The Morgan fingerprint density at radius 3 is 2.89 bits per heavy atom. The van der Waals surface area contributed by atoms with Crippen LogP contribution < -0.4 is 11.1 Å². The SMILES string of the molecule is CCOCc1nc2c(N)nc3ccccc3c2n1C[CH]CC1CCNCC1. The molecule has 0 amide bonds. The monoisotopic (exact) mass is 366 g/mol. The van der Waals surface area contributed by atoms with Crippen molar-refractivity contribution >= 4 is 27.8 Å². The zero-order chi connectivity index (χ0) is 18.6. The van der Waals surface area contributed by atoms with Crippen molar-refractivity contribution in [2.45, 2.75) is 39.3 Å². The number of piperidine rings is 1. The van der Waals surface area contributed by atoms with Crippen LogP contribution in [0, 0.1) is 12.3 Å². The largest absolute Gasteiger partial charge is 0.382 e. The van der Waals surface area contributed by atoms with Crippen LogP contribution in [-0.2, 0) is 17.9 Å². The van der Waals surface area contributed by atoms with Crippen LogP contribution in [0.5, 0.6) is 0 Å². The summed E-state index contributed by atoms with van der Waals surface area (Å²) >= 11 is 0. The highest BCUT2D eigenvalue weighted by Crippen LogP contribution is 2.29. The Labute approximate surface area is 160 Å². The Hall–Kier alpha value is -2.18. The number of nitrogens with two attached hydrogens (primary N) is 1. The molecule has 4 rings (SSSR count). The number of benzene rings is 1. The van der Waals surface area contributed by atoms with Crippen molar-refractivity contribution in [3.63, 3.8) is 0 Å². The van der Waals surface area contributed by atoms with Crippen LogP contribution in [0.1, 0.15) is 32.0 Å². The number of para-hydroxylation sites is 1. The Morgan fingerprint density at radius 2 is 2.07 bits per heavy atom. The van der Waals surface area contributed by atoms with Crippen LogP contribution in [0.2, 0.25) is 0 Å². The Bertz CT molecular complexity index is 914. The number of fused-ring (bicyclic) bond motifs is 3. The Kier molecular flexibility index (Phi) is 5.55. The zero-order valence-electron chi connectivity index (χ0n) is 15.9. The minimum absolute atomic E-state index is 0.485. The summed E-state index contributed by atoms with van der Waals surface area (Å²) in [6, 6.07) is 8.13. The van der Waals surface area contributed by atoms with Crippen molar-refractivity contribution in [1.82, 2.24) is 19.9 Å². The summed E-state index contributed by atoms with van der Waals surface area (Å²) in [4.78, 5) is 9.32. The predicted molar refractivity (Wildman–Crippen MR) is 109 cm³/mol. The van der Waals surface area contributed by atoms with Crippen LogP contribution in [-0.4, -0.2) is 34.2 Å². The number of hydrogen-bond donors (Lipinski definition) is 2. The van der Waals surface area contributed by atoms with E-state index in [1.165, 1.54) is 12.8 Å². The lowest BCUT2D eigenvalue weighted by molar-refractivity contribution is 0.126. The van der Waals surface area contributed by atoms with Crippen LogP contribution in [0.3, 0.4) is 0 Å². The Morgan fingerprint density at radius 1 is 1.26 bits per heavy atom. The number of hydrogen-bond acceptors (Lipinski definition) is 5. The summed E-state index contributed by atoms with van der Waals surface area (Å²) < 4.78 is 7.93. The molecule has 0 bridgehead atoms. The molecule has 1 aliphatic heterocycles. The van der Waals surface area contributed by atoms with Gasteiger partial charge in [0.1, 0.15) is 17.9 Å². The lowest BCUT2D eigenvalue weighted by Gasteiger charge is -2.22. The molecular weight excluding hydrogens is 338 g/mol. The maximum Gasteiger partial charge on any atom is 0.152 e. The quantitative estimate of drug-likeness (QED) is 0.671. The van der Waals surface area contributed by atoms with Crippen molar-refractivity contribution in [3.05, 3.63) is 36.5 Å². The maximum absolute atomic E-state index is 6.23. The summed E-state index contributed by atoms with van der Waals surface area (Å²) in [5.74, 6) is 2.18. The summed E-state index contributed by atoms with van der Waals surface area (Å²) in [6.45, 7) is 6.23. The molecule has 3 heterocycles. The van der Waals surface area contributed by atoms with Gasteiger partial charge in [-0.05, 0) is 57.7 Å². The number of nitrogen functional groups attached to an aromatic ring is 1. The van der Waals surface area contributed by atoms with Crippen molar-refractivity contribution in [2.75, 3.05) is 25.4 Å². The molecule has 0 spiro atoms. The molecule has 1 aromatic carbocycles. The van der Waals surface area contributed by atoms with Crippen LogP contribution in [0.4, 0.5) is 5.82 Å². The molecule has 0 unspecified atom stereocenters. The molecule has 3 aromatic rings. The van der Waals surface area contributed by atoms with E-state index in [1.54, 1.807) is 0 Å². The first kappa shape index (κ1) is 18.2. The smallest absolute Gasteiger partial charge is 0.152 e. The molecule has 6 nitrogen and oxygen atoms in total. The predicted octanol–water partition coefficient (Wildman–Crippen LogP) is 3.30. The second-order valence-corrected chi connectivity index (χ2v) is 7.20.